The van der Waals surface area contributed by atoms with Crippen molar-refractivity contribution in [2.24, 2.45) is 0 Å². The first kappa shape index (κ1) is 19.1. The highest BCUT2D eigenvalue weighted by Crippen LogP contribution is 2.42. The number of halogens is 3. The van der Waals surface area contributed by atoms with Gasteiger partial charge in [0.2, 0.25) is 5.69 Å². The molecule has 0 saturated carbocycles. The van der Waals surface area contributed by atoms with E-state index in [-0.39, 0.29) is 12.1 Å². The number of ether oxygens (including phenoxy) is 1. The van der Waals surface area contributed by atoms with E-state index in [9.17, 15) is 38.2 Å². The summed E-state index contributed by atoms with van der Waals surface area (Å²) in [5.41, 5.74) is -4.95. The molecule has 0 saturated heterocycles. The van der Waals surface area contributed by atoms with Crippen LogP contribution in [0.1, 0.15) is 19.4 Å². The molecule has 1 amide bonds. The van der Waals surface area contributed by atoms with Crippen LogP contribution in [0.2, 0.25) is 0 Å². The van der Waals surface area contributed by atoms with Crippen LogP contribution in [-0.2, 0) is 10.9 Å². The smallest absolute Gasteiger partial charge is 0.416 e. The minimum absolute atomic E-state index is 0.126. The van der Waals surface area contributed by atoms with Crippen LogP contribution in [0.3, 0.4) is 0 Å². The lowest BCUT2D eigenvalue weighted by Crippen LogP contribution is -2.30. The number of hydrogen-bond acceptors (Lipinski definition) is 6. The Morgan fingerprint density at radius 3 is 1.88 bits per heavy atom. The van der Waals surface area contributed by atoms with E-state index in [1.165, 1.54) is 13.8 Å². The van der Waals surface area contributed by atoms with Gasteiger partial charge in [-0.05, 0) is 13.8 Å². The van der Waals surface area contributed by atoms with Crippen molar-refractivity contribution in [3.05, 3.63) is 37.9 Å². The monoisotopic (exact) mass is 351 g/mol. The van der Waals surface area contributed by atoms with Crippen molar-refractivity contribution < 1.29 is 32.5 Å². The number of nitrogens with zero attached hydrogens (tertiary/aromatic N) is 3. The summed E-state index contributed by atoms with van der Waals surface area (Å²) in [6.07, 6.45) is -6.87. The zero-order valence-electron chi connectivity index (χ0n) is 12.7. The normalized spacial score (nSPS) is 11.3. The first-order valence-corrected chi connectivity index (χ1v) is 6.34. The van der Waals surface area contributed by atoms with Crippen LogP contribution in [0, 0.1) is 20.2 Å². The lowest BCUT2D eigenvalue weighted by Gasteiger charge is -2.19. The fraction of sp³-hybridized carbons (Fsp3) is 0.417. The molecule has 1 rings (SSSR count). The molecule has 0 aromatic heterocycles. The van der Waals surface area contributed by atoms with E-state index >= 15 is 0 Å². The Morgan fingerprint density at radius 1 is 1.17 bits per heavy atom. The minimum Gasteiger partial charge on any atom is -0.446 e. The van der Waals surface area contributed by atoms with Gasteiger partial charge in [0.15, 0.2) is 0 Å². The number of carbonyl (C=O) groups is 1. The summed E-state index contributed by atoms with van der Waals surface area (Å²) in [4.78, 5) is 31.9. The van der Waals surface area contributed by atoms with Gasteiger partial charge in [0, 0.05) is 19.2 Å². The molecule has 132 valence electrons. The van der Waals surface area contributed by atoms with E-state index in [4.69, 9.17) is 4.74 Å². The molecule has 24 heavy (non-hydrogen) atoms. The summed E-state index contributed by atoms with van der Waals surface area (Å²) in [6.45, 7) is 2.92. The molecular formula is C12H12F3N3O6. The SMILES string of the molecule is CC(C)OC(=O)N(C)c1c([N+](=O)[O-])cc(C(F)(F)F)cc1[N+](=O)[O-]. The fourth-order valence-corrected chi connectivity index (χ4v) is 1.76. The molecule has 12 heteroatoms. The van der Waals surface area contributed by atoms with Gasteiger partial charge in [0.25, 0.3) is 0 Å². The van der Waals surface area contributed by atoms with E-state index in [1.807, 2.05) is 0 Å². The minimum atomic E-state index is -5.04. The number of nitro groups is 2. The molecule has 0 N–H and O–H groups in total. The van der Waals surface area contributed by atoms with E-state index in [2.05, 4.69) is 0 Å². The third-order valence-electron chi connectivity index (χ3n) is 2.74. The summed E-state index contributed by atoms with van der Waals surface area (Å²) in [5.74, 6) is 0. The molecule has 9 nitrogen and oxygen atoms in total. The van der Waals surface area contributed by atoms with Crippen molar-refractivity contribution in [2.45, 2.75) is 26.1 Å². The molecule has 0 atom stereocenters. The molecule has 0 aliphatic heterocycles. The lowest BCUT2D eigenvalue weighted by molar-refractivity contribution is -0.393. The van der Waals surface area contributed by atoms with Gasteiger partial charge in [-0.15, -0.1) is 0 Å². The van der Waals surface area contributed by atoms with Gasteiger partial charge < -0.3 is 4.74 Å². The number of nitro benzene ring substituents is 2. The molecule has 1 aromatic rings. The maximum absolute atomic E-state index is 12.8. The molecule has 0 unspecified atom stereocenters. The van der Waals surface area contributed by atoms with Crippen LogP contribution in [-0.4, -0.2) is 29.1 Å². The van der Waals surface area contributed by atoms with Gasteiger partial charge in [-0.25, -0.2) is 4.79 Å². The van der Waals surface area contributed by atoms with Crippen LogP contribution in [0.15, 0.2) is 12.1 Å². The van der Waals surface area contributed by atoms with Crippen molar-refractivity contribution in [2.75, 3.05) is 11.9 Å². The molecule has 0 aliphatic rings. The molecule has 1 aromatic carbocycles. The Bertz CT molecular complexity index is 654. The number of rotatable bonds is 4. The van der Waals surface area contributed by atoms with E-state index in [0.717, 1.165) is 7.05 Å². The largest absolute Gasteiger partial charge is 0.446 e. The Hall–Kier alpha value is -2.92. The van der Waals surface area contributed by atoms with Crippen LogP contribution < -0.4 is 4.90 Å². The number of hydrogen-bond donors (Lipinski definition) is 0. The Kier molecular flexibility index (Phi) is 5.32. The summed E-state index contributed by atoms with van der Waals surface area (Å²) in [6, 6.07) is 0.253. The van der Waals surface area contributed by atoms with Gasteiger partial charge in [-0.1, -0.05) is 0 Å². The van der Waals surface area contributed by atoms with Gasteiger partial charge >= 0.3 is 23.6 Å². The van der Waals surface area contributed by atoms with Crippen LogP contribution >= 0.6 is 0 Å². The Morgan fingerprint density at radius 2 is 1.58 bits per heavy atom. The molecule has 0 aliphatic carbocycles. The van der Waals surface area contributed by atoms with Crippen molar-refractivity contribution in [3.8, 4) is 0 Å². The maximum Gasteiger partial charge on any atom is 0.416 e. The van der Waals surface area contributed by atoms with Crippen LogP contribution in [0.4, 0.5) is 35.0 Å². The number of anilines is 1. The second kappa shape index (κ2) is 6.68. The summed E-state index contributed by atoms with van der Waals surface area (Å²) < 4.78 is 43.1. The highest BCUT2D eigenvalue weighted by atomic mass is 19.4. The second-order valence-electron chi connectivity index (χ2n) is 4.87. The predicted molar refractivity (Wildman–Crippen MR) is 74.8 cm³/mol. The van der Waals surface area contributed by atoms with Gasteiger partial charge in [-0.2, -0.15) is 13.2 Å². The number of amides is 1. The van der Waals surface area contributed by atoms with Crippen molar-refractivity contribution >= 4 is 23.2 Å². The summed E-state index contributed by atoms with van der Waals surface area (Å²) in [5, 5.41) is 22.1. The van der Waals surface area contributed by atoms with Gasteiger partial charge in [0.05, 0.1) is 21.5 Å². The second-order valence-corrected chi connectivity index (χ2v) is 4.87. The highest BCUT2D eigenvalue weighted by Gasteiger charge is 2.40. The van der Waals surface area contributed by atoms with Gasteiger partial charge in [-0.3, -0.25) is 25.1 Å². The van der Waals surface area contributed by atoms with Crippen molar-refractivity contribution in [1.82, 2.24) is 0 Å². The average Bonchev–Trinajstić information content (AvgIpc) is 2.42. The average molecular weight is 351 g/mol. The Balaban J connectivity index is 3.65. The number of carbonyl (C=O) groups excluding carboxylic acids is 1. The zero-order valence-corrected chi connectivity index (χ0v) is 12.7. The zero-order chi connectivity index (χ0) is 18.8. The first-order valence-electron chi connectivity index (χ1n) is 6.34. The van der Waals surface area contributed by atoms with E-state index < -0.39 is 50.8 Å². The Labute approximate surface area is 132 Å². The molecule has 0 fully saturated rings. The maximum atomic E-state index is 12.8. The van der Waals surface area contributed by atoms with E-state index in [0.29, 0.717) is 4.90 Å². The predicted octanol–water partition coefficient (Wildman–Crippen LogP) is 3.50. The van der Waals surface area contributed by atoms with Crippen LogP contribution in [0.25, 0.3) is 0 Å². The van der Waals surface area contributed by atoms with Crippen LogP contribution in [0.5, 0.6) is 0 Å². The number of benzene rings is 1. The molecular weight excluding hydrogens is 339 g/mol. The molecule has 0 radical (unpaired) electrons. The third-order valence-corrected chi connectivity index (χ3v) is 2.74. The first-order chi connectivity index (χ1) is 10.9. The third kappa shape index (κ3) is 4.08. The van der Waals surface area contributed by atoms with E-state index in [1.54, 1.807) is 0 Å². The number of alkyl halides is 3. The standard InChI is InChI=1S/C12H12F3N3O6/c1-6(2)24-11(19)16(3)10-8(17(20)21)4-7(12(13,14)15)5-9(10)18(22)23/h4-6H,1-3H3. The molecule has 0 heterocycles. The van der Waals surface area contributed by atoms with Crippen molar-refractivity contribution in [1.29, 1.82) is 0 Å². The van der Waals surface area contributed by atoms with Crippen molar-refractivity contribution in [3.63, 3.8) is 0 Å². The van der Waals surface area contributed by atoms with Gasteiger partial charge in [0.1, 0.15) is 0 Å². The quantitative estimate of drug-likeness (QED) is 0.605. The summed E-state index contributed by atoms with van der Waals surface area (Å²) >= 11 is 0. The topological polar surface area (TPSA) is 116 Å². The molecule has 0 bridgehead atoms. The molecule has 0 spiro atoms. The fourth-order valence-electron chi connectivity index (χ4n) is 1.76. The summed E-state index contributed by atoms with van der Waals surface area (Å²) in [7, 11) is 0.924. The highest BCUT2D eigenvalue weighted by molar-refractivity contribution is 5.94. The lowest BCUT2D eigenvalue weighted by atomic mass is 10.1.